The summed E-state index contributed by atoms with van der Waals surface area (Å²) < 4.78 is 0. The van der Waals surface area contributed by atoms with Gasteiger partial charge in [-0.05, 0) is 47.6 Å². The van der Waals surface area contributed by atoms with Gasteiger partial charge in [-0.1, -0.05) is 11.6 Å². The van der Waals surface area contributed by atoms with E-state index in [0.29, 0.717) is 22.7 Å². The molecule has 0 radical (unpaired) electrons. The topological polar surface area (TPSA) is 67.1 Å². The molecule has 0 saturated carbocycles. The average molecular weight is 298 g/mol. The van der Waals surface area contributed by atoms with Crippen LogP contribution in [-0.2, 0) is 0 Å². The normalized spacial score (nSPS) is 22.7. The van der Waals surface area contributed by atoms with Crippen molar-refractivity contribution in [2.75, 3.05) is 18.1 Å². The Kier molecular flexibility index (Phi) is 3.86. The molecule has 2 rings (SSSR count). The van der Waals surface area contributed by atoms with Gasteiger partial charge in [0.2, 0.25) is 0 Å². The highest BCUT2D eigenvalue weighted by molar-refractivity contribution is 6.29. The van der Waals surface area contributed by atoms with Gasteiger partial charge in [0.15, 0.2) is 11.0 Å². The number of nitrogens with one attached hydrogen (secondary N) is 1. The standard InChI is InChI=1S/C14H24ClN5/c1-13(2)7-9(8-14(3,4)20(13)5)17-12-10(16)6-11(15)18-19-12/h6,9H,7-8H2,1-5H3,(H2,16,18)(H,17,19). The number of aromatic nitrogens is 2. The van der Waals surface area contributed by atoms with Gasteiger partial charge in [-0.3, -0.25) is 4.90 Å². The Labute approximate surface area is 125 Å². The van der Waals surface area contributed by atoms with E-state index < -0.39 is 0 Å². The van der Waals surface area contributed by atoms with E-state index in [1.54, 1.807) is 6.07 Å². The van der Waals surface area contributed by atoms with Crippen LogP contribution < -0.4 is 11.1 Å². The summed E-state index contributed by atoms with van der Waals surface area (Å²) in [4.78, 5) is 2.44. The number of anilines is 2. The van der Waals surface area contributed by atoms with Gasteiger partial charge < -0.3 is 11.1 Å². The first kappa shape index (κ1) is 15.3. The van der Waals surface area contributed by atoms with Crippen LogP contribution in [-0.4, -0.2) is 39.3 Å². The smallest absolute Gasteiger partial charge is 0.172 e. The molecule has 20 heavy (non-hydrogen) atoms. The minimum absolute atomic E-state index is 0.119. The lowest BCUT2D eigenvalue weighted by Crippen LogP contribution is -2.61. The molecule has 1 aliphatic heterocycles. The van der Waals surface area contributed by atoms with Crippen molar-refractivity contribution in [3.05, 3.63) is 11.2 Å². The van der Waals surface area contributed by atoms with Crippen molar-refractivity contribution in [2.45, 2.75) is 57.7 Å². The van der Waals surface area contributed by atoms with Crippen molar-refractivity contribution in [3.63, 3.8) is 0 Å². The van der Waals surface area contributed by atoms with E-state index in [0.717, 1.165) is 12.8 Å². The van der Waals surface area contributed by atoms with Crippen LogP contribution in [0.2, 0.25) is 5.15 Å². The van der Waals surface area contributed by atoms with Gasteiger partial charge in [0, 0.05) is 23.2 Å². The van der Waals surface area contributed by atoms with E-state index >= 15 is 0 Å². The minimum atomic E-state index is 0.119. The highest BCUT2D eigenvalue weighted by Crippen LogP contribution is 2.38. The van der Waals surface area contributed by atoms with Crippen LogP contribution >= 0.6 is 11.6 Å². The first-order chi connectivity index (χ1) is 9.12. The van der Waals surface area contributed by atoms with Crippen LogP contribution in [0.5, 0.6) is 0 Å². The third-order valence-corrected chi connectivity index (χ3v) is 4.63. The fraction of sp³-hybridized carbons (Fsp3) is 0.714. The minimum Gasteiger partial charge on any atom is -0.396 e. The van der Waals surface area contributed by atoms with Gasteiger partial charge in [-0.15, -0.1) is 10.2 Å². The number of piperidine rings is 1. The molecule has 0 unspecified atom stereocenters. The Morgan fingerprint density at radius 1 is 1.25 bits per heavy atom. The van der Waals surface area contributed by atoms with Gasteiger partial charge >= 0.3 is 0 Å². The third-order valence-electron chi connectivity index (χ3n) is 4.44. The Balaban J connectivity index is 2.18. The molecule has 1 aromatic rings. The summed E-state index contributed by atoms with van der Waals surface area (Å²) in [5.74, 6) is 0.621. The maximum atomic E-state index is 5.94. The largest absolute Gasteiger partial charge is 0.396 e. The number of rotatable bonds is 2. The molecule has 2 heterocycles. The maximum absolute atomic E-state index is 5.94. The number of halogens is 1. The predicted molar refractivity (Wildman–Crippen MR) is 84.0 cm³/mol. The van der Waals surface area contributed by atoms with Crippen LogP contribution in [0.25, 0.3) is 0 Å². The van der Waals surface area contributed by atoms with E-state index in [9.17, 15) is 0 Å². The quantitative estimate of drug-likeness (QED) is 0.878. The molecule has 0 aromatic carbocycles. The van der Waals surface area contributed by atoms with Crippen LogP contribution in [0, 0.1) is 0 Å². The number of nitrogens with two attached hydrogens (primary N) is 1. The molecule has 0 atom stereocenters. The third kappa shape index (κ3) is 2.99. The lowest BCUT2D eigenvalue weighted by atomic mass is 9.77. The van der Waals surface area contributed by atoms with E-state index in [-0.39, 0.29) is 11.1 Å². The second-order valence-corrected chi connectivity index (χ2v) is 7.29. The Morgan fingerprint density at radius 3 is 2.30 bits per heavy atom. The summed E-state index contributed by atoms with van der Waals surface area (Å²) in [6, 6.07) is 1.94. The number of hydrogen-bond donors (Lipinski definition) is 2. The summed E-state index contributed by atoms with van der Waals surface area (Å²) in [6.07, 6.45) is 2.05. The summed E-state index contributed by atoms with van der Waals surface area (Å²) in [5, 5.41) is 11.7. The molecule has 1 fully saturated rings. The molecule has 1 aromatic heterocycles. The lowest BCUT2D eigenvalue weighted by molar-refractivity contribution is -0.00772. The molecule has 1 saturated heterocycles. The van der Waals surface area contributed by atoms with Gasteiger partial charge in [-0.2, -0.15) is 0 Å². The Hall–Kier alpha value is -1.07. The maximum Gasteiger partial charge on any atom is 0.172 e. The van der Waals surface area contributed by atoms with Crippen molar-refractivity contribution in [2.24, 2.45) is 0 Å². The van der Waals surface area contributed by atoms with Crippen LogP contribution in [0.15, 0.2) is 6.07 Å². The summed E-state index contributed by atoms with van der Waals surface area (Å²) >= 11 is 5.78. The zero-order valence-corrected chi connectivity index (χ0v) is 13.6. The number of hydrogen-bond acceptors (Lipinski definition) is 5. The van der Waals surface area contributed by atoms with Crippen molar-refractivity contribution in [3.8, 4) is 0 Å². The van der Waals surface area contributed by atoms with E-state index in [1.165, 1.54) is 0 Å². The zero-order valence-electron chi connectivity index (χ0n) is 12.9. The van der Waals surface area contributed by atoms with Crippen LogP contribution in [0.3, 0.4) is 0 Å². The molecule has 0 aliphatic carbocycles. The number of nitrogen functional groups attached to an aromatic ring is 1. The molecule has 0 amide bonds. The summed E-state index contributed by atoms with van der Waals surface area (Å²) in [5.41, 5.74) is 6.72. The van der Waals surface area contributed by atoms with Gasteiger partial charge in [0.05, 0.1) is 5.69 Å². The highest BCUT2D eigenvalue weighted by Gasteiger charge is 2.43. The Bertz CT molecular complexity index is 482. The monoisotopic (exact) mass is 297 g/mol. The number of likely N-dealkylation sites (tertiary alicyclic amines) is 1. The van der Waals surface area contributed by atoms with E-state index in [1.807, 2.05) is 0 Å². The zero-order chi connectivity index (χ0) is 15.1. The molecular weight excluding hydrogens is 274 g/mol. The summed E-state index contributed by atoms with van der Waals surface area (Å²) in [6.45, 7) is 9.05. The lowest BCUT2D eigenvalue weighted by Gasteiger charge is -2.53. The first-order valence-corrected chi connectivity index (χ1v) is 7.29. The fourth-order valence-electron chi connectivity index (χ4n) is 3.16. The van der Waals surface area contributed by atoms with E-state index in [2.05, 4.69) is 55.2 Å². The van der Waals surface area contributed by atoms with Crippen LogP contribution in [0.1, 0.15) is 40.5 Å². The van der Waals surface area contributed by atoms with Crippen molar-refractivity contribution in [1.29, 1.82) is 0 Å². The predicted octanol–water partition coefficient (Wildman–Crippen LogP) is 2.78. The van der Waals surface area contributed by atoms with Crippen molar-refractivity contribution in [1.82, 2.24) is 15.1 Å². The van der Waals surface area contributed by atoms with Gasteiger partial charge in [-0.25, -0.2) is 0 Å². The van der Waals surface area contributed by atoms with Crippen molar-refractivity contribution >= 4 is 23.1 Å². The molecule has 0 spiro atoms. The molecule has 5 nitrogen and oxygen atoms in total. The SMILES string of the molecule is CN1C(C)(C)CC(Nc2nnc(Cl)cc2N)CC1(C)C. The highest BCUT2D eigenvalue weighted by atomic mass is 35.5. The fourth-order valence-corrected chi connectivity index (χ4v) is 3.32. The van der Waals surface area contributed by atoms with Crippen molar-refractivity contribution < 1.29 is 0 Å². The number of nitrogens with zero attached hydrogens (tertiary/aromatic N) is 3. The molecule has 6 heteroatoms. The average Bonchev–Trinajstić information content (AvgIpc) is 2.29. The first-order valence-electron chi connectivity index (χ1n) is 6.91. The molecular formula is C14H24ClN5. The molecule has 0 bridgehead atoms. The Morgan fingerprint density at radius 2 is 1.80 bits per heavy atom. The molecule has 112 valence electrons. The molecule has 1 aliphatic rings. The summed E-state index contributed by atoms with van der Waals surface area (Å²) in [7, 11) is 2.19. The van der Waals surface area contributed by atoms with Crippen LogP contribution in [0.4, 0.5) is 11.5 Å². The second-order valence-electron chi connectivity index (χ2n) is 6.90. The molecule has 3 N–H and O–H groups in total. The van der Waals surface area contributed by atoms with E-state index in [4.69, 9.17) is 17.3 Å². The second kappa shape index (κ2) is 5.04. The van der Waals surface area contributed by atoms with Gasteiger partial charge in [0.25, 0.3) is 0 Å². The van der Waals surface area contributed by atoms with Gasteiger partial charge in [0.1, 0.15) is 0 Å².